The molecule has 0 unspecified atom stereocenters. The molecule has 1 fully saturated rings. The van der Waals surface area contributed by atoms with Gasteiger partial charge in [-0.2, -0.15) is 4.52 Å². The minimum Gasteiger partial charge on any atom is -0.492 e. The number of hydrogen-bond donors (Lipinski definition) is 2. The molecule has 1 atom stereocenters. The molecule has 148 valence electrons. The minimum absolute atomic E-state index is 0.00687. The number of aromatic nitrogens is 3. The number of aryl methyl sites for hydroxylation is 2. The molecule has 28 heavy (non-hydrogen) atoms. The Balaban J connectivity index is 1.74. The lowest BCUT2D eigenvalue weighted by Gasteiger charge is -2.36. The number of hydrogen-bond acceptors (Lipinski definition) is 5. The fourth-order valence-corrected chi connectivity index (χ4v) is 5.11. The summed E-state index contributed by atoms with van der Waals surface area (Å²) in [7, 11) is 0. The number of thiazole rings is 1. The van der Waals surface area contributed by atoms with Crippen molar-refractivity contribution in [3.05, 3.63) is 46.1 Å². The number of carbonyl (C=O) groups excluding carboxylic acids is 1. The molecule has 0 spiro atoms. The van der Waals surface area contributed by atoms with Crippen molar-refractivity contribution in [1.29, 1.82) is 0 Å². The van der Waals surface area contributed by atoms with E-state index in [-0.39, 0.29) is 17.8 Å². The van der Waals surface area contributed by atoms with Gasteiger partial charge in [0.1, 0.15) is 4.88 Å². The molecule has 1 amide bonds. The van der Waals surface area contributed by atoms with Crippen molar-refractivity contribution in [2.45, 2.75) is 33.2 Å². The van der Waals surface area contributed by atoms with Crippen LogP contribution in [0, 0.1) is 6.92 Å². The molecule has 0 bridgehead atoms. The highest BCUT2D eigenvalue weighted by Crippen LogP contribution is 2.35. The fourth-order valence-electron chi connectivity index (χ4n) is 3.95. The van der Waals surface area contributed by atoms with Gasteiger partial charge in [0.2, 0.25) is 16.7 Å². The zero-order chi connectivity index (χ0) is 19.8. The summed E-state index contributed by atoms with van der Waals surface area (Å²) >= 11 is 1.51. The largest absolute Gasteiger partial charge is 0.492 e. The molecule has 0 radical (unpaired) electrons. The number of nitrogens with one attached hydrogen (secondary N) is 1. The van der Waals surface area contributed by atoms with Gasteiger partial charge in [0.05, 0.1) is 26.2 Å². The monoisotopic (exact) mass is 400 g/mol. The van der Waals surface area contributed by atoms with Crippen molar-refractivity contribution < 1.29 is 14.8 Å². The van der Waals surface area contributed by atoms with E-state index < -0.39 is 0 Å². The Morgan fingerprint density at radius 1 is 1.36 bits per heavy atom. The van der Waals surface area contributed by atoms with E-state index in [0.717, 1.165) is 48.3 Å². The average molecular weight is 401 g/mol. The second-order valence-electron chi connectivity index (χ2n) is 7.38. The molecule has 0 aliphatic carbocycles. The van der Waals surface area contributed by atoms with Gasteiger partial charge in [0, 0.05) is 18.9 Å². The zero-order valence-corrected chi connectivity index (χ0v) is 17.3. The van der Waals surface area contributed by atoms with Crippen LogP contribution in [0.3, 0.4) is 0 Å². The molecular weight excluding hydrogens is 374 g/mol. The normalized spacial score (nSPS) is 16.6. The summed E-state index contributed by atoms with van der Waals surface area (Å²) in [6.07, 6.45) is 0.739. The van der Waals surface area contributed by atoms with Crippen LogP contribution in [-0.4, -0.2) is 56.7 Å². The van der Waals surface area contributed by atoms with E-state index in [1.165, 1.54) is 27.4 Å². The Morgan fingerprint density at radius 2 is 2.11 bits per heavy atom. The third kappa shape index (κ3) is 3.38. The summed E-state index contributed by atoms with van der Waals surface area (Å²) in [5.74, 6) is 1.04. The van der Waals surface area contributed by atoms with E-state index in [1.54, 1.807) is 11.4 Å². The third-order valence-electron chi connectivity index (χ3n) is 5.46. The SMILES string of the molecule is CCc1nc2sc([C@@H](c3cccc(C)c3)[NH+]3CCN(C(C)=O)CC3)c(O)n2n1. The summed E-state index contributed by atoms with van der Waals surface area (Å²) in [5, 5.41) is 15.4. The van der Waals surface area contributed by atoms with Gasteiger partial charge in [-0.25, -0.2) is 4.98 Å². The van der Waals surface area contributed by atoms with Gasteiger partial charge in [-0.05, 0) is 13.0 Å². The van der Waals surface area contributed by atoms with Crippen molar-refractivity contribution in [3.8, 4) is 5.88 Å². The molecule has 8 heteroatoms. The standard InChI is InChI=1S/C20H25N5O2S/c1-4-16-21-20-25(22-16)19(27)18(28-20)17(15-7-5-6-13(2)12-15)24-10-8-23(9-11-24)14(3)26/h5-7,12,17,27H,4,8-11H2,1-3H3/p+1/t17-/m1/s1. The first kappa shape index (κ1) is 18.9. The molecule has 2 aromatic heterocycles. The molecule has 3 aromatic rings. The predicted molar refractivity (Wildman–Crippen MR) is 108 cm³/mol. The molecular formula is C20H26N5O2S+. The maximum atomic E-state index is 11.7. The molecule has 1 aliphatic rings. The van der Waals surface area contributed by atoms with Gasteiger partial charge in [0.25, 0.3) is 0 Å². The van der Waals surface area contributed by atoms with Gasteiger partial charge < -0.3 is 14.9 Å². The van der Waals surface area contributed by atoms with Crippen LogP contribution in [0.5, 0.6) is 5.88 Å². The lowest BCUT2D eigenvalue weighted by Crippen LogP contribution is -3.15. The van der Waals surface area contributed by atoms with E-state index in [4.69, 9.17) is 0 Å². The summed E-state index contributed by atoms with van der Waals surface area (Å²) in [5.41, 5.74) is 2.36. The molecule has 1 saturated heterocycles. The van der Waals surface area contributed by atoms with Gasteiger partial charge in [-0.3, -0.25) is 4.79 Å². The van der Waals surface area contributed by atoms with Gasteiger partial charge in [-0.15, -0.1) is 5.10 Å². The lowest BCUT2D eigenvalue weighted by molar-refractivity contribution is -0.929. The van der Waals surface area contributed by atoms with Crippen LogP contribution < -0.4 is 4.90 Å². The number of carbonyl (C=O) groups is 1. The fraction of sp³-hybridized carbons (Fsp3) is 0.450. The Bertz CT molecular complexity index is 1000. The summed E-state index contributed by atoms with van der Waals surface area (Å²) in [4.78, 5) is 21.1. The third-order valence-corrected chi connectivity index (χ3v) is 6.54. The highest BCUT2D eigenvalue weighted by Gasteiger charge is 2.35. The number of rotatable bonds is 4. The minimum atomic E-state index is -0.00687. The molecule has 4 rings (SSSR count). The van der Waals surface area contributed by atoms with E-state index in [1.807, 2.05) is 11.8 Å². The van der Waals surface area contributed by atoms with Gasteiger partial charge >= 0.3 is 0 Å². The smallest absolute Gasteiger partial charge is 0.235 e. The number of benzene rings is 1. The molecule has 1 aromatic carbocycles. The first-order valence-corrected chi connectivity index (χ1v) is 10.5. The Morgan fingerprint density at radius 3 is 2.71 bits per heavy atom. The average Bonchev–Trinajstić information content (AvgIpc) is 3.22. The molecule has 3 heterocycles. The maximum Gasteiger partial charge on any atom is 0.235 e. The topological polar surface area (TPSA) is 75.2 Å². The second kappa shape index (κ2) is 7.52. The molecule has 2 N–H and O–H groups in total. The second-order valence-corrected chi connectivity index (χ2v) is 8.39. The van der Waals surface area contributed by atoms with E-state index in [2.05, 4.69) is 41.3 Å². The first-order valence-electron chi connectivity index (χ1n) is 9.72. The molecule has 7 nitrogen and oxygen atoms in total. The maximum absolute atomic E-state index is 11.7. The quantitative estimate of drug-likeness (QED) is 0.690. The first-order chi connectivity index (χ1) is 13.5. The molecule has 1 aliphatic heterocycles. The van der Waals surface area contributed by atoms with Crippen LogP contribution in [0.1, 0.15) is 41.7 Å². The highest BCUT2D eigenvalue weighted by molar-refractivity contribution is 7.17. The van der Waals surface area contributed by atoms with E-state index in [0.29, 0.717) is 0 Å². The number of nitrogens with zero attached hydrogens (tertiary/aromatic N) is 4. The van der Waals surface area contributed by atoms with Crippen LogP contribution in [0.25, 0.3) is 4.96 Å². The van der Waals surface area contributed by atoms with Crippen molar-refractivity contribution in [2.75, 3.05) is 26.2 Å². The van der Waals surface area contributed by atoms with Crippen molar-refractivity contribution in [1.82, 2.24) is 19.5 Å². The van der Waals surface area contributed by atoms with Gasteiger partial charge in [-0.1, -0.05) is 42.0 Å². The van der Waals surface area contributed by atoms with Crippen LogP contribution in [0.2, 0.25) is 0 Å². The number of aromatic hydroxyl groups is 1. The van der Waals surface area contributed by atoms with Crippen LogP contribution in [0.15, 0.2) is 24.3 Å². The summed E-state index contributed by atoms with van der Waals surface area (Å²) in [6, 6.07) is 8.44. The van der Waals surface area contributed by atoms with Crippen molar-refractivity contribution >= 4 is 22.2 Å². The van der Waals surface area contributed by atoms with Crippen LogP contribution in [-0.2, 0) is 11.2 Å². The van der Waals surface area contributed by atoms with E-state index in [9.17, 15) is 9.90 Å². The number of fused-ring (bicyclic) bond motifs is 1. The van der Waals surface area contributed by atoms with Crippen LogP contribution in [0.4, 0.5) is 0 Å². The van der Waals surface area contributed by atoms with Crippen molar-refractivity contribution in [2.24, 2.45) is 0 Å². The Kier molecular flexibility index (Phi) is 5.07. The van der Waals surface area contributed by atoms with Gasteiger partial charge in [0.15, 0.2) is 11.9 Å². The van der Waals surface area contributed by atoms with Crippen molar-refractivity contribution in [3.63, 3.8) is 0 Å². The Labute approximate surface area is 168 Å². The summed E-state index contributed by atoms with van der Waals surface area (Å²) in [6.45, 7) is 8.85. The van der Waals surface area contributed by atoms with E-state index >= 15 is 0 Å². The number of amides is 1. The summed E-state index contributed by atoms with van der Waals surface area (Å²) < 4.78 is 1.56. The number of piperazine rings is 1. The Hall–Kier alpha value is -2.45. The predicted octanol–water partition coefficient (Wildman–Crippen LogP) is 1.20. The highest BCUT2D eigenvalue weighted by atomic mass is 32.1. The number of quaternary nitrogens is 1. The van der Waals surface area contributed by atoms with Crippen LogP contribution >= 0.6 is 11.3 Å². The zero-order valence-electron chi connectivity index (χ0n) is 16.5. The molecule has 0 saturated carbocycles. The lowest BCUT2D eigenvalue weighted by atomic mass is 10.0.